The molecule has 3 N–H and O–H groups in total. The smallest absolute Gasteiger partial charge is 0.384 e. The van der Waals surface area contributed by atoms with Crippen LogP contribution in [0, 0.1) is 0 Å². The number of aromatic nitrogens is 1. The number of amides is 1. The van der Waals surface area contributed by atoms with E-state index in [2.05, 4.69) is 15.0 Å². The molecular weight excluding hydrogens is 239 g/mol. The number of anilines is 2. The highest BCUT2D eigenvalue weighted by Crippen LogP contribution is 2.14. The van der Waals surface area contributed by atoms with Gasteiger partial charge in [0, 0.05) is 0 Å². The lowest BCUT2D eigenvalue weighted by Gasteiger charge is -2.08. The Kier molecular flexibility index (Phi) is 4.27. The quantitative estimate of drug-likeness (QED) is 0.840. The van der Waals surface area contributed by atoms with E-state index in [1.165, 1.54) is 18.3 Å². The number of nitrogens with one attached hydrogen (secondary N) is 1. The monoisotopic (exact) mass is 249 g/mol. The van der Waals surface area contributed by atoms with E-state index >= 15 is 0 Å². The molecule has 1 aromatic rings. The van der Waals surface area contributed by atoms with Crippen molar-refractivity contribution in [1.82, 2.24) is 4.98 Å². The van der Waals surface area contributed by atoms with Crippen LogP contribution in [-0.4, -0.2) is 30.3 Å². The maximum Gasteiger partial charge on any atom is 0.411 e. The molecule has 0 fully saturated rings. The van der Waals surface area contributed by atoms with Crippen LogP contribution in [0.4, 0.5) is 24.7 Å². The lowest BCUT2D eigenvalue weighted by atomic mass is 10.4. The molecule has 94 valence electrons. The van der Waals surface area contributed by atoms with Crippen molar-refractivity contribution in [3.8, 4) is 0 Å². The van der Waals surface area contributed by atoms with Crippen molar-refractivity contribution in [2.45, 2.75) is 6.18 Å². The molecule has 0 saturated heterocycles. The average molecular weight is 249 g/mol. The van der Waals surface area contributed by atoms with Crippen molar-refractivity contribution in [2.24, 2.45) is 0 Å². The van der Waals surface area contributed by atoms with Crippen LogP contribution in [0.2, 0.25) is 0 Å². The summed E-state index contributed by atoms with van der Waals surface area (Å²) in [7, 11) is 0. The van der Waals surface area contributed by atoms with E-state index in [1.807, 2.05) is 0 Å². The topological polar surface area (TPSA) is 77.2 Å². The summed E-state index contributed by atoms with van der Waals surface area (Å²) in [5.74, 6) is -0.419. The number of rotatable bonds is 4. The Morgan fingerprint density at radius 1 is 1.47 bits per heavy atom. The zero-order chi connectivity index (χ0) is 12.9. The second-order valence-corrected chi connectivity index (χ2v) is 3.13. The number of nitrogen functional groups attached to an aromatic ring is 1. The Bertz CT molecular complexity index is 378. The summed E-state index contributed by atoms with van der Waals surface area (Å²) >= 11 is 0. The van der Waals surface area contributed by atoms with Crippen LogP contribution in [-0.2, 0) is 9.53 Å². The molecule has 0 bridgehead atoms. The van der Waals surface area contributed by atoms with Crippen LogP contribution in [0.3, 0.4) is 0 Å². The maximum atomic E-state index is 11.7. The van der Waals surface area contributed by atoms with Gasteiger partial charge in [-0.25, -0.2) is 4.98 Å². The van der Waals surface area contributed by atoms with E-state index in [1.54, 1.807) is 0 Å². The summed E-state index contributed by atoms with van der Waals surface area (Å²) in [6.07, 6.45) is -3.15. The third-order valence-electron chi connectivity index (χ3n) is 1.57. The fourth-order valence-electron chi connectivity index (χ4n) is 0.936. The van der Waals surface area contributed by atoms with Gasteiger partial charge in [-0.3, -0.25) is 4.79 Å². The highest BCUT2D eigenvalue weighted by atomic mass is 19.4. The molecule has 1 rings (SSSR count). The maximum absolute atomic E-state index is 11.7. The van der Waals surface area contributed by atoms with Crippen LogP contribution >= 0.6 is 0 Å². The first-order valence-electron chi connectivity index (χ1n) is 4.53. The molecule has 0 atom stereocenters. The number of carbonyl (C=O) groups is 1. The summed E-state index contributed by atoms with van der Waals surface area (Å²) in [5.41, 5.74) is 5.65. The average Bonchev–Trinajstić information content (AvgIpc) is 2.19. The zero-order valence-electron chi connectivity index (χ0n) is 8.62. The van der Waals surface area contributed by atoms with Gasteiger partial charge in [-0.15, -0.1) is 0 Å². The molecule has 5 nitrogen and oxygen atoms in total. The predicted molar refractivity (Wildman–Crippen MR) is 54.2 cm³/mol. The molecule has 17 heavy (non-hydrogen) atoms. The summed E-state index contributed by atoms with van der Waals surface area (Å²) in [6, 6.07) is 2.93. The van der Waals surface area contributed by atoms with Crippen molar-refractivity contribution in [3.05, 3.63) is 18.3 Å². The van der Waals surface area contributed by atoms with Gasteiger partial charge in [0.25, 0.3) is 0 Å². The molecule has 0 aromatic carbocycles. The van der Waals surface area contributed by atoms with Crippen molar-refractivity contribution in [1.29, 1.82) is 0 Å². The van der Waals surface area contributed by atoms with Crippen LogP contribution < -0.4 is 11.1 Å². The Morgan fingerprint density at radius 3 is 2.71 bits per heavy atom. The van der Waals surface area contributed by atoms with Crippen LogP contribution in [0.1, 0.15) is 0 Å². The number of pyridine rings is 1. The molecule has 0 unspecified atom stereocenters. The van der Waals surface area contributed by atoms with E-state index in [9.17, 15) is 18.0 Å². The van der Waals surface area contributed by atoms with Crippen molar-refractivity contribution in [3.63, 3.8) is 0 Å². The van der Waals surface area contributed by atoms with Crippen LogP contribution in [0.25, 0.3) is 0 Å². The lowest BCUT2D eigenvalue weighted by molar-refractivity contribution is -0.174. The van der Waals surface area contributed by atoms with Crippen LogP contribution in [0.15, 0.2) is 18.3 Å². The number of halogens is 3. The molecule has 0 aliphatic heterocycles. The van der Waals surface area contributed by atoms with Gasteiger partial charge in [-0.2, -0.15) is 13.2 Å². The second-order valence-electron chi connectivity index (χ2n) is 3.13. The first-order valence-corrected chi connectivity index (χ1v) is 4.53. The van der Waals surface area contributed by atoms with Gasteiger partial charge in [0.1, 0.15) is 19.0 Å². The van der Waals surface area contributed by atoms with Gasteiger partial charge in [0.15, 0.2) is 0 Å². The largest absolute Gasteiger partial charge is 0.411 e. The fraction of sp³-hybridized carbons (Fsp3) is 0.333. The molecular formula is C9H10F3N3O2. The summed E-state index contributed by atoms with van der Waals surface area (Å²) in [6.45, 7) is -2.13. The number of alkyl halides is 3. The Balaban J connectivity index is 2.32. The number of hydrogen-bond donors (Lipinski definition) is 2. The molecule has 0 aliphatic rings. The van der Waals surface area contributed by atoms with Crippen molar-refractivity contribution in [2.75, 3.05) is 24.3 Å². The minimum atomic E-state index is -4.44. The van der Waals surface area contributed by atoms with Crippen LogP contribution in [0.5, 0.6) is 0 Å². The first-order chi connectivity index (χ1) is 7.87. The minimum absolute atomic E-state index is 0.274. The van der Waals surface area contributed by atoms with Gasteiger partial charge in [0.2, 0.25) is 5.91 Å². The highest BCUT2D eigenvalue weighted by Gasteiger charge is 2.27. The van der Waals surface area contributed by atoms with E-state index in [4.69, 9.17) is 5.73 Å². The predicted octanol–water partition coefficient (Wildman–Crippen LogP) is 1.18. The molecule has 0 aliphatic carbocycles. The number of ether oxygens (including phenoxy) is 1. The van der Waals surface area contributed by atoms with Gasteiger partial charge in [-0.05, 0) is 12.1 Å². The first kappa shape index (κ1) is 13.2. The van der Waals surface area contributed by atoms with Crippen molar-refractivity contribution >= 4 is 17.4 Å². The molecule has 0 spiro atoms. The molecule has 1 heterocycles. The summed E-state index contributed by atoms with van der Waals surface area (Å²) in [5, 5.41) is 2.31. The number of nitrogens with two attached hydrogens (primary N) is 1. The van der Waals surface area contributed by atoms with Gasteiger partial charge in [-0.1, -0.05) is 0 Å². The molecule has 1 amide bonds. The number of hydrogen-bond acceptors (Lipinski definition) is 4. The van der Waals surface area contributed by atoms with E-state index in [-0.39, 0.29) is 5.82 Å². The summed E-state index contributed by atoms with van der Waals surface area (Å²) < 4.78 is 39.3. The standard InChI is InChI=1S/C9H10F3N3O2/c10-9(11,12)5-17-4-8(16)15-6-1-2-7(13)14-3-6/h1-3H,4-5H2,(H2,13,14)(H,15,16). The van der Waals surface area contributed by atoms with E-state index in [0.29, 0.717) is 5.69 Å². The van der Waals surface area contributed by atoms with Gasteiger partial charge in [0.05, 0.1) is 11.9 Å². The SMILES string of the molecule is Nc1ccc(NC(=O)COCC(F)(F)F)cn1. The highest BCUT2D eigenvalue weighted by molar-refractivity contribution is 5.91. The Labute approximate surface area is 94.8 Å². The normalized spacial score (nSPS) is 11.2. The minimum Gasteiger partial charge on any atom is -0.384 e. The Hall–Kier alpha value is -1.83. The third kappa shape index (κ3) is 5.71. The zero-order valence-corrected chi connectivity index (χ0v) is 8.62. The second kappa shape index (κ2) is 5.48. The van der Waals surface area contributed by atoms with Gasteiger partial charge >= 0.3 is 6.18 Å². The summed E-state index contributed by atoms with van der Waals surface area (Å²) in [4.78, 5) is 14.8. The fourth-order valence-corrected chi connectivity index (χ4v) is 0.936. The Morgan fingerprint density at radius 2 is 2.18 bits per heavy atom. The number of nitrogens with zero attached hydrogens (tertiary/aromatic N) is 1. The van der Waals surface area contributed by atoms with E-state index in [0.717, 1.165) is 0 Å². The van der Waals surface area contributed by atoms with Crippen molar-refractivity contribution < 1.29 is 22.7 Å². The third-order valence-corrected chi connectivity index (χ3v) is 1.57. The molecule has 1 aromatic heterocycles. The molecule has 0 saturated carbocycles. The van der Waals surface area contributed by atoms with Gasteiger partial charge < -0.3 is 15.8 Å². The van der Waals surface area contributed by atoms with E-state index < -0.39 is 25.3 Å². The lowest BCUT2D eigenvalue weighted by Crippen LogP contribution is -2.24. The molecule has 8 heteroatoms. The molecule has 0 radical (unpaired) electrons. The number of carbonyl (C=O) groups excluding carboxylic acids is 1.